The van der Waals surface area contributed by atoms with Crippen LogP contribution in [0.1, 0.15) is 42.7 Å². The third-order valence-electron chi connectivity index (χ3n) is 6.43. The maximum absolute atomic E-state index is 12.4. The Bertz CT molecular complexity index is 1090. The molecule has 4 rings (SSSR count). The first-order valence-corrected chi connectivity index (χ1v) is 11.6. The summed E-state index contributed by atoms with van der Waals surface area (Å²) in [6.45, 7) is 1.38. The molecule has 7 nitrogen and oxygen atoms in total. The molecule has 1 aliphatic heterocycles. The predicted molar refractivity (Wildman–Crippen MR) is 127 cm³/mol. The van der Waals surface area contributed by atoms with E-state index in [2.05, 4.69) is 41.4 Å². The number of piperidine rings is 1. The molecule has 2 amide bonds. The number of aliphatic carboxylic acids is 1. The third-order valence-corrected chi connectivity index (χ3v) is 6.43. The highest BCUT2D eigenvalue weighted by Crippen LogP contribution is 2.44. The molecule has 0 aromatic heterocycles. The van der Waals surface area contributed by atoms with Crippen molar-refractivity contribution in [1.29, 1.82) is 0 Å². The molecule has 0 spiro atoms. The van der Waals surface area contributed by atoms with Crippen LogP contribution in [0.2, 0.25) is 0 Å². The third kappa shape index (κ3) is 5.57. The van der Waals surface area contributed by atoms with E-state index in [0.29, 0.717) is 19.5 Å². The van der Waals surface area contributed by atoms with E-state index >= 15 is 0 Å². The summed E-state index contributed by atoms with van der Waals surface area (Å²) in [7, 11) is 0. The largest absolute Gasteiger partial charge is 0.481 e. The summed E-state index contributed by atoms with van der Waals surface area (Å²) in [6, 6.07) is 16.3. The molecule has 1 atom stereocenters. The van der Waals surface area contributed by atoms with E-state index in [-0.39, 0.29) is 37.3 Å². The number of hydrogen-bond acceptors (Lipinski definition) is 4. The Morgan fingerprint density at radius 2 is 1.74 bits per heavy atom. The molecule has 1 aliphatic carbocycles. The standard InChI is InChI=1S/C27H28N2O5/c30-25(29-16-6-7-19(17-29)13-14-26(31)32)12-5-15-28-27(33)34-18-24-22-10-3-1-8-20(22)21-9-2-4-11-23(21)24/h1-4,8-11,19,24H,6-7,13-18H2,(H,28,33)(H,31,32). The van der Waals surface area contributed by atoms with Gasteiger partial charge in [0.2, 0.25) is 0 Å². The first-order valence-electron chi connectivity index (χ1n) is 11.6. The van der Waals surface area contributed by atoms with Crippen molar-refractivity contribution in [1.82, 2.24) is 10.2 Å². The number of nitrogens with zero attached hydrogens (tertiary/aromatic N) is 1. The number of carboxylic acid groups (broad SMARTS) is 1. The summed E-state index contributed by atoms with van der Waals surface area (Å²) in [5.74, 6) is 4.32. The Morgan fingerprint density at radius 1 is 1.06 bits per heavy atom. The highest BCUT2D eigenvalue weighted by Gasteiger charge is 2.29. The molecule has 1 fully saturated rings. The summed E-state index contributed by atoms with van der Waals surface area (Å²) in [5.41, 5.74) is 4.62. The Morgan fingerprint density at radius 3 is 2.41 bits per heavy atom. The highest BCUT2D eigenvalue weighted by atomic mass is 16.5. The van der Waals surface area contributed by atoms with Crippen molar-refractivity contribution in [2.24, 2.45) is 5.92 Å². The number of nitrogens with one attached hydrogen (secondary N) is 1. The zero-order valence-electron chi connectivity index (χ0n) is 19.0. The lowest BCUT2D eigenvalue weighted by atomic mass is 9.93. The van der Waals surface area contributed by atoms with E-state index in [0.717, 1.165) is 24.0 Å². The van der Waals surface area contributed by atoms with Gasteiger partial charge < -0.3 is 20.1 Å². The van der Waals surface area contributed by atoms with Crippen LogP contribution in [0.15, 0.2) is 48.5 Å². The molecule has 7 heteroatoms. The Balaban J connectivity index is 1.24. The van der Waals surface area contributed by atoms with Crippen LogP contribution in [0.5, 0.6) is 0 Å². The van der Waals surface area contributed by atoms with Crippen molar-refractivity contribution in [3.05, 3.63) is 59.7 Å². The fourth-order valence-electron chi connectivity index (χ4n) is 4.78. The van der Waals surface area contributed by atoms with Gasteiger partial charge in [-0.05, 0) is 53.4 Å². The molecular weight excluding hydrogens is 432 g/mol. The molecule has 1 unspecified atom stereocenters. The van der Waals surface area contributed by atoms with Gasteiger partial charge in [0.15, 0.2) is 0 Å². The number of ether oxygens (including phenoxy) is 1. The van der Waals surface area contributed by atoms with Gasteiger partial charge in [-0.1, -0.05) is 54.5 Å². The van der Waals surface area contributed by atoms with Crippen LogP contribution >= 0.6 is 0 Å². The zero-order valence-corrected chi connectivity index (χ0v) is 19.0. The number of carboxylic acids is 1. The summed E-state index contributed by atoms with van der Waals surface area (Å²) >= 11 is 0. The van der Waals surface area contributed by atoms with Crippen LogP contribution in [0.3, 0.4) is 0 Å². The Hall–Kier alpha value is -3.79. The van der Waals surface area contributed by atoms with Crippen molar-refractivity contribution >= 4 is 18.0 Å². The molecule has 2 N–H and O–H groups in total. The quantitative estimate of drug-likeness (QED) is 0.642. The second-order valence-electron chi connectivity index (χ2n) is 8.67. The van der Waals surface area contributed by atoms with Gasteiger partial charge in [0.25, 0.3) is 5.91 Å². The van der Waals surface area contributed by atoms with Gasteiger partial charge in [-0.25, -0.2) is 4.79 Å². The molecule has 2 aromatic carbocycles. The molecule has 1 heterocycles. The fraction of sp³-hybridized carbons (Fsp3) is 0.370. The number of carbonyl (C=O) groups is 3. The normalized spacial score (nSPS) is 16.6. The van der Waals surface area contributed by atoms with Gasteiger partial charge in [-0.2, -0.15) is 0 Å². The van der Waals surface area contributed by atoms with Crippen LogP contribution in [0.25, 0.3) is 11.1 Å². The highest BCUT2D eigenvalue weighted by molar-refractivity contribution is 5.93. The number of fused-ring (bicyclic) bond motifs is 3. The molecule has 2 aliphatic rings. The number of amides is 2. The molecule has 34 heavy (non-hydrogen) atoms. The first kappa shape index (κ1) is 23.4. The maximum Gasteiger partial charge on any atom is 0.407 e. The van der Waals surface area contributed by atoms with E-state index in [1.807, 2.05) is 24.3 Å². The summed E-state index contributed by atoms with van der Waals surface area (Å²) in [5, 5.41) is 11.4. The minimum atomic E-state index is -0.817. The summed E-state index contributed by atoms with van der Waals surface area (Å²) < 4.78 is 5.46. The smallest absolute Gasteiger partial charge is 0.407 e. The number of alkyl carbamates (subject to hydrolysis) is 1. The van der Waals surface area contributed by atoms with Crippen molar-refractivity contribution in [2.45, 2.75) is 31.6 Å². The van der Waals surface area contributed by atoms with Crippen LogP contribution in [0, 0.1) is 17.8 Å². The molecule has 0 radical (unpaired) electrons. The fourth-order valence-corrected chi connectivity index (χ4v) is 4.78. The van der Waals surface area contributed by atoms with Crippen molar-refractivity contribution in [3.63, 3.8) is 0 Å². The maximum atomic E-state index is 12.4. The van der Waals surface area contributed by atoms with E-state index in [1.165, 1.54) is 11.1 Å². The lowest BCUT2D eigenvalue weighted by Gasteiger charge is -2.31. The van der Waals surface area contributed by atoms with Gasteiger partial charge in [0.1, 0.15) is 6.61 Å². The molecule has 176 valence electrons. The topological polar surface area (TPSA) is 95.9 Å². The summed E-state index contributed by atoms with van der Waals surface area (Å²) in [4.78, 5) is 37.0. The van der Waals surface area contributed by atoms with Gasteiger partial charge in [-0.15, -0.1) is 0 Å². The summed E-state index contributed by atoms with van der Waals surface area (Å²) in [6.07, 6.45) is 1.87. The average molecular weight is 461 g/mol. The molecule has 0 saturated carbocycles. The van der Waals surface area contributed by atoms with Crippen LogP contribution in [-0.2, 0) is 14.3 Å². The van der Waals surface area contributed by atoms with Gasteiger partial charge in [-0.3, -0.25) is 9.59 Å². The number of rotatable bonds is 6. The lowest BCUT2D eigenvalue weighted by Crippen LogP contribution is -2.39. The monoisotopic (exact) mass is 460 g/mol. The molecule has 1 saturated heterocycles. The van der Waals surface area contributed by atoms with Crippen LogP contribution < -0.4 is 5.32 Å². The number of benzene rings is 2. The minimum Gasteiger partial charge on any atom is -0.481 e. The van der Waals surface area contributed by atoms with Crippen LogP contribution in [0.4, 0.5) is 4.79 Å². The van der Waals surface area contributed by atoms with Gasteiger partial charge in [0, 0.05) is 25.4 Å². The van der Waals surface area contributed by atoms with E-state index in [4.69, 9.17) is 9.84 Å². The minimum absolute atomic E-state index is 0.0126. The van der Waals surface area contributed by atoms with E-state index in [9.17, 15) is 14.4 Å². The Labute approximate surface area is 199 Å². The SMILES string of the molecule is O=C(O)CCC1CCCN(C(=O)C#CCNC(=O)OCC2c3ccccc3-c3ccccc32)C1. The number of hydrogen-bond donors (Lipinski definition) is 2. The second kappa shape index (κ2) is 10.9. The van der Waals surface area contributed by atoms with E-state index in [1.54, 1.807) is 4.90 Å². The average Bonchev–Trinajstić information content (AvgIpc) is 3.18. The van der Waals surface area contributed by atoms with E-state index < -0.39 is 12.1 Å². The zero-order chi connectivity index (χ0) is 23.9. The number of carbonyl (C=O) groups excluding carboxylic acids is 2. The molecule has 2 aromatic rings. The van der Waals surface area contributed by atoms with Crippen molar-refractivity contribution < 1.29 is 24.2 Å². The molecular formula is C27H28N2O5. The van der Waals surface area contributed by atoms with Crippen molar-refractivity contribution in [2.75, 3.05) is 26.2 Å². The van der Waals surface area contributed by atoms with Gasteiger partial charge in [0.05, 0.1) is 6.54 Å². The second-order valence-corrected chi connectivity index (χ2v) is 8.67. The van der Waals surface area contributed by atoms with Crippen molar-refractivity contribution in [3.8, 4) is 23.0 Å². The Kier molecular flexibility index (Phi) is 7.48. The predicted octanol–water partition coefficient (Wildman–Crippen LogP) is 3.63. The molecule has 0 bridgehead atoms. The first-order chi connectivity index (χ1) is 16.5. The number of likely N-dealkylation sites (tertiary alicyclic amines) is 1. The van der Waals surface area contributed by atoms with Crippen LogP contribution in [-0.4, -0.2) is 54.2 Å². The lowest BCUT2D eigenvalue weighted by molar-refractivity contribution is -0.137. The van der Waals surface area contributed by atoms with Gasteiger partial charge >= 0.3 is 12.1 Å².